The first-order valence-electron chi connectivity index (χ1n) is 10.2. The van der Waals surface area contributed by atoms with Crippen LogP contribution < -0.4 is 5.32 Å². The predicted molar refractivity (Wildman–Crippen MR) is 123 cm³/mol. The van der Waals surface area contributed by atoms with Crippen molar-refractivity contribution in [3.8, 4) is 0 Å². The molecule has 30 heavy (non-hydrogen) atoms. The number of carbonyl (C=O) groups excluding carboxylic acids is 2. The Hall–Kier alpha value is -2.60. The van der Waals surface area contributed by atoms with E-state index in [0.717, 1.165) is 28.3 Å². The van der Waals surface area contributed by atoms with Crippen molar-refractivity contribution in [3.05, 3.63) is 59.7 Å². The molecule has 0 unspecified atom stereocenters. The zero-order valence-corrected chi connectivity index (χ0v) is 19.0. The van der Waals surface area contributed by atoms with Crippen LogP contribution in [0.15, 0.2) is 53.7 Å². The molecule has 1 N–H and O–H groups in total. The van der Waals surface area contributed by atoms with Crippen molar-refractivity contribution >= 4 is 34.6 Å². The van der Waals surface area contributed by atoms with Gasteiger partial charge in [-0.2, -0.15) is 0 Å². The number of thioether (sulfide) groups is 1. The van der Waals surface area contributed by atoms with E-state index in [1.165, 1.54) is 11.8 Å². The number of aromatic nitrogens is 2. The second-order valence-electron chi connectivity index (χ2n) is 8.88. The fourth-order valence-electron chi connectivity index (χ4n) is 3.19. The van der Waals surface area contributed by atoms with E-state index in [0.29, 0.717) is 11.5 Å². The number of benzene rings is 2. The largest absolute Gasteiger partial charge is 0.319 e. The molecular formula is C24H29N3O2S. The van der Waals surface area contributed by atoms with E-state index in [4.69, 9.17) is 0 Å². The molecule has 0 radical (unpaired) electrons. The maximum absolute atomic E-state index is 12.4. The second-order valence-corrected chi connectivity index (χ2v) is 9.82. The maximum Gasteiger partial charge on any atom is 0.257 e. The Morgan fingerprint density at radius 2 is 1.73 bits per heavy atom. The molecule has 5 nitrogen and oxygen atoms in total. The Morgan fingerprint density at radius 1 is 1.07 bits per heavy atom. The summed E-state index contributed by atoms with van der Waals surface area (Å²) in [7, 11) is 0. The number of rotatable bonds is 6. The fourth-order valence-corrected chi connectivity index (χ4v) is 4.02. The summed E-state index contributed by atoms with van der Waals surface area (Å²) in [6.45, 7) is 11.5. The van der Waals surface area contributed by atoms with E-state index in [1.807, 2.05) is 36.4 Å². The molecule has 0 aliphatic rings. The third-order valence-corrected chi connectivity index (χ3v) is 5.74. The third-order valence-electron chi connectivity index (χ3n) is 4.77. The number of imidazole rings is 1. The molecule has 0 spiro atoms. The average Bonchev–Trinajstić information content (AvgIpc) is 3.03. The van der Waals surface area contributed by atoms with Crippen LogP contribution in [0, 0.1) is 5.92 Å². The van der Waals surface area contributed by atoms with E-state index in [2.05, 4.69) is 49.5 Å². The molecule has 3 aromatic rings. The lowest BCUT2D eigenvalue weighted by Crippen LogP contribution is -2.32. The monoisotopic (exact) mass is 423 g/mol. The zero-order chi connectivity index (χ0) is 21.9. The predicted octanol–water partition coefficient (Wildman–Crippen LogP) is 5.04. The summed E-state index contributed by atoms with van der Waals surface area (Å²) in [6.07, 6.45) is 0. The van der Waals surface area contributed by atoms with Crippen LogP contribution in [0.1, 0.15) is 50.5 Å². The molecule has 0 fully saturated rings. The second kappa shape index (κ2) is 9.04. The average molecular weight is 424 g/mol. The van der Waals surface area contributed by atoms with E-state index in [1.54, 1.807) is 12.1 Å². The Morgan fingerprint density at radius 3 is 2.37 bits per heavy atom. The molecule has 0 aliphatic heterocycles. The molecule has 6 heteroatoms. The molecule has 3 rings (SSSR count). The molecule has 0 aliphatic carbocycles. The van der Waals surface area contributed by atoms with Crippen molar-refractivity contribution < 1.29 is 9.59 Å². The topological polar surface area (TPSA) is 64.0 Å². The van der Waals surface area contributed by atoms with Crippen molar-refractivity contribution in [2.24, 2.45) is 5.92 Å². The van der Waals surface area contributed by atoms with Gasteiger partial charge in [0.2, 0.25) is 5.91 Å². The van der Waals surface area contributed by atoms with E-state index in [9.17, 15) is 9.59 Å². The van der Waals surface area contributed by atoms with Gasteiger partial charge < -0.3 is 4.57 Å². The number of amides is 2. The van der Waals surface area contributed by atoms with Gasteiger partial charge in [0.25, 0.3) is 5.91 Å². The quantitative estimate of drug-likeness (QED) is 0.564. The highest BCUT2D eigenvalue weighted by Crippen LogP contribution is 2.25. The summed E-state index contributed by atoms with van der Waals surface area (Å²) in [5, 5.41) is 3.28. The smallest absolute Gasteiger partial charge is 0.257 e. The Kier molecular flexibility index (Phi) is 6.66. The summed E-state index contributed by atoms with van der Waals surface area (Å²) in [4.78, 5) is 29.5. The van der Waals surface area contributed by atoms with Crippen molar-refractivity contribution in [1.29, 1.82) is 0 Å². The van der Waals surface area contributed by atoms with Crippen LogP contribution in [0.25, 0.3) is 11.0 Å². The fraction of sp³-hybridized carbons (Fsp3) is 0.375. The lowest BCUT2D eigenvalue weighted by Gasteiger charge is -2.19. The minimum absolute atomic E-state index is 0.0168. The number of fused-ring (bicyclic) bond motifs is 1. The molecule has 1 aromatic heterocycles. The van der Waals surface area contributed by atoms with Gasteiger partial charge in [0, 0.05) is 12.1 Å². The Labute approximate surface area is 182 Å². The Bertz CT molecular complexity index is 1050. The van der Waals surface area contributed by atoms with Gasteiger partial charge in [0.1, 0.15) is 0 Å². The molecule has 1 heterocycles. The molecule has 0 saturated heterocycles. The number of hydrogen-bond acceptors (Lipinski definition) is 4. The number of hydrogen-bond donors (Lipinski definition) is 1. The van der Waals surface area contributed by atoms with Crippen LogP contribution in [-0.4, -0.2) is 27.1 Å². The maximum atomic E-state index is 12.4. The highest BCUT2D eigenvalue weighted by Gasteiger charge is 2.17. The number of nitrogens with zero attached hydrogens (tertiary/aromatic N) is 2. The van der Waals surface area contributed by atoms with E-state index in [-0.39, 0.29) is 23.0 Å². The lowest BCUT2D eigenvalue weighted by molar-refractivity contribution is -0.117. The van der Waals surface area contributed by atoms with Crippen LogP contribution in [0.3, 0.4) is 0 Å². The van der Waals surface area contributed by atoms with Crippen molar-refractivity contribution in [2.45, 2.75) is 51.7 Å². The van der Waals surface area contributed by atoms with Gasteiger partial charge in [0.05, 0.1) is 16.8 Å². The zero-order valence-electron chi connectivity index (χ0n) is 18.2. The lowest BCUT2D eigenvalue weighted by atomic mass is 9.87. The van der Waals surface area contributed by atoms with Crippen LogP contribution >= 0.6 is 11.8 Å². The first-order valence-corrected chi connectivity index (χ1v) is 11.2. The molecule has 0 bridgehead atoms. The highest BCUT2D eigenvalue weighted by atomic mass is 32.2. The number of imide groups is 1. The van der Waals surface area contributed by atoms with E-state index >= 15 is 0 Å². The number of para-hydroxylation sites is 2. The summed E-state index contributed by atoms with van der Waals surface area (Å²) in [5.74, 6) is -0.119. The van der Waals surface area contributed by atoms with Crippen LogP contribution in [-0.2, 0) is 16.8 Å². The standard InChI is InChI=1S/C24H29N3O2S/c1-16(2)14-27-20-9-7-6-8-19(20)25-23(27)30-15-21(28)26-22(29)17-10-12-18(13-11-17)24(3,4)5/h6-13,16H,14-15H2,1-5H3,(H,26,28,29). The van der Waals surface area contributed by atoms with Gasteiger partial charge in [-0.3, -0.25) is 14.9 Å². The minimum Gasteiger partial charge on any atom is -0.319 e. The first-order chi connectivity index (χ1) is 14.1. The number of nitrogens with one attached hydrogen (secondary N) is 1. The molecule has 2 aromatic carbocycles. The third kappa shape index (κ3) is 5.30. The van der Waals surface area contributed by atoms with Gasteiger partial charge in [-0.05, 0) is 41.2 Å². The van der Waals surface area contributed by atoms with Gasteiger partial charge in [-0.1, -0.05) is 70.6 Å². The minimum atomic E-state index is -0.378. The highest BCUT2D eigenvalue weighted by molar-refractivity contribution is 7.99. The summed E-state index contributed by atoms with van der Waals surface area (Å²) in [6, 6.07) is 15.4. The molecule has 0 saturated carbocycles. The van der Waals surface area contributed by atoms with Crippen LogP contribution in [0.5, 0.6) is 0 Å². The molecular weight excluding hydrogens is 394 g/mol. The molecule has 0 atom stereocenters. The first kappa shape index (κ1) is 22.1. The van der Waals surface area contributed by atoms with Crippen molar-refractivity contribution in [3.63, 3.8) is 0 Å². The van der Waals surface area contributed by atoms with Gasteiger partial charge in [0.15, 0.2) is 5.16 Å². The van der Waals surface area contributed by atoms with Gasteiger partial charge >= 0.3 is 0 Å². The van der Waals surface area contributed by atoms with E-state index < -0.39 is 0 Å². The molecule has 2 amide bonds. The van der Waals surface area contributed by atoms with Gasteiger partial charge in [-0.15, -0.1) is 0 Å². The van der Waals surface area contributed by atoms with Crippen molar-refractivity contribution in [1.82, 2.24) is 14.9 Å². The summed E-state index contributed by atoms with van der Waals surface area (Å²) in [5.41, 5.74) is 3.61. The van der Waals surface area contributed by atoms with Crippen LogP contribution in [0.2, 0.25) is 0 Å². The Balaban J connectivity index is 1.65. The summed E-state index contributed by atoms with van der Waals surface area (Å²) < 4.78 is 2.14. The summed E-state index contributed by atoms with van der Waals surface area (Å²) >= 11 is 1.35. The van der Waals surface area contributed by atoms with Gasteiger partial charge in [-0.25, -0.2) is 4.98 Å². The number of carbonyl (C=O) groups is 2. The normalized spacial score (nSPS) is 11.8. The van der Waals surface area contributed by atoms with Crippen LogP contribution in [0.4, 0.5) is 0 Å². The SMILES string of the molecule is CC(C)Cn1c(SCC(=O)NC(=O)c2ccc(C(C)(C)C)cc2)nc2ccccc21. The molecule has 158 valence electrons. The van der Waals surface area contributed by atoms with Crippen molar-refractivity contribution in [2.75, 3.05) is 5.75 Å².